The number of halogens is 1. The summed E-state index contributed by atoms with van der Waals surface area (Å²) in [5.41, 5.74) is 0.260. The minimum atomic E-state index is -0.754. The Morgan fingerprint density at radius 1 is 1.38 bits per heavy atom. The average molecular weight is 291 g/mol. The Kier molecular flexibility index (Phi) is 4.32. The van der Waals surface area contributed by atoms with Crippen LogP contribution in [0.1, 0.15) is 10.4 Å². The van der Waals surface area contributed by atoms with E-state index >= 15 is 0 Å². The van der Waals surface area contributed by atoms with E-state index in [1.807, 2.05) is 0 Å². The predicted molar refractivity (Wildman–Crippen MR) is 72.5 cm³/mol. The topological polar surface area (TPSA) is 64.4 Å². The van der Waals surface area contributed by atoms with Crippen molar-refractivity contribution >= 4 is 11.9 Å². The molecule has 1 heterocycles. The first-order valence-electron chi connectivity index (χ1n) is 6.16. The quantitative estimate of drug-likeness (QED) is 0.795. The van der Waals surface area contributed by atoms with Crippen molar-refractivity contribution in [3.05, 3.63) is 48.0 Å². The maximum Gasteiger partial charge on any atom is 0.338 e. The zero-order valence-corrected chi connectivity index (χ0v) is 11.6. The number of nitrogens with zero attached hydrogens (tertiary/aromatic N) is 3. The molecule has 0 fully saturated rings. The number of ether oxygens (including phenoxy) is 1. The van der Waals surface area contributed by atoms with Crippen molar-refractivity contribution in [1.29, 1.82) is 0 Å². The fraction of sp³-hybridized carbons (Fsp3) is 0.214. The highest BCUT2D eigenvalue weighted by atomic mass is 19.1. The van der Waals surface area contributed by atoms with Gasteiger partial charge in [-0.05, 0) is 24.3 Å². The normalized spacial score (nSPS) is 10.2. The second-order valence-electron chi connectivity index (χ2n) is 4.48. The second-order valence-corrected chi connectivity index (χ2v) is 4.48. The average Bonchev–Trinajstić information content (AvgIpc) is 2.97. The molecule has 0 aliphatic carbocycles. The minimum Gasteiger partial charge on any atom is -0.452 e. The molecule has 0 bridgehead atoms. The van der Waals surface area contributed by atoms with Gasteiger partial charge in [-0.3, -0.25) is 4.79 Å². The number of likely N-dealkylation sites (N-methyl/N-ethyl adjacent to an activating group) is 1. The van der Waals surface area contributed by atoms with Crippen LogP contribution in [0.5, 0.6) is 0 Å². The fourth-order valence-corrected chi connectivity index (χ4v) is 1.57. The largest absolute Gasteiger partial charge is 0.452 e. The summed E-state index contributed by atoms with van der Waals surface area (Å²) in [5.74, 6) is -1.71. The van der Waals surface area contributed by atoms with Gasteiger partial charge in [0.25, 0.3) is 5.91 Å². The maximum absolute atomic E-state index is 14.0. The molecule has 0 unspecified atom stereocenters. The van der Waals surface area contributed by atoms with Gasteiger partial charge in [-0.1, -0.05) is 0 Å². The van der Waals surface area contributed by atoms with E-state index in [0.29, 0.717) is 0 Å². The molecule has 1 amide bonds. The lowest BCUT2D eigenvalue weighted by atomic mass is 10.2. The summed E-state index contributed by atoms with van der Waals surface area (Å²) in [6.07, 6.45) is 3.11. The van der Waals surface area contributed by atoms with Crippen LogP contribution in [0.2, 0.25) is 0 Å². The summed E-state index contributed by atoms with van der Waals surface area (Å²) in [7, 11) is 3.10. The predicted octanol–water partition coefficient (Wildman–Crippen LogP) is 1.26. The van der Waals surface area contributed by atoms with E-state index in [1.165, 1.54) is 27.9 Å². The van der Waals surface area contributed by atoms with E-state index in [-0.39, 0.29) is 23.8 Å². The molecule has 0 radical (unpaired) electrons. The van der Waals surface area contributed by atoms with E-state index in [0.717, 1.165) is 6.07 Å². The number of aromatic nitrogens is 2. The van der Waals surface area contributed by atoms with Crippen LogP contribution >= 0.6 is 0 Å². The monoisotopic (exact) mass is 291 g/mol. The van der Waals surface area contributed by atoms with Gasteiger partial charge in [-0.25, -0.2) is 13.9 Å². The SMILES string of the molecule is CN(C)C(=O)COC(=O)c1ccc(-n2cccn2)c(F)c1. The molecule has 2 aromatic rings. The first-order chi connectivity index (χ1) is 9.99. The fourth-order valence-electron chi connectivity index (χ4n) is 1.57. The van der Waals surface area contributed by atoms with E-state index < -0.39 is 11.8 Å². The van der Waals surface area contributed by atoms with Crippen LogP contribution in [0.15, 0.2) is 36.7 Å². The van der Waals surface area contributed by atoms with Gasteiger partial charge in [0, 0.05) is 26.5 Å². The Bertz CT molecular complexity index is 653. The molecule has 1 aromatic heterocycles. The third kappa shape index (κ3) is 3.44. The number of rotatable bonds is 4. The van der Waals surface area contributed by atoms with Crippen LogP contribution in [0.25, 0.3) is 5.69 Å². The molecule has 0 aliphatic rings. The Balaban J connectivity index is 2.09. The van der Waals surface area contributed by atoms with Gasteiger partial charge in [0.05, 0.1) is 5.56 Å². The number of carbonyl (C=O) groups excluding carboxylic acids is 2. The highest BCUT2D eigenvalue weighted by Gasteiger charge is 2.14. The van der Waals surface area contributed by atoms with Crippen molar-refractivity contribution in [2.24, 2.45) is 0 Å². The number of hydrogen-bond acceptors (Lipinski definition) is 4. The van der Waals surface area contributed by atoms with Crippen molar-refractivity contribution in [1.82, 2.24) is 14.7 Å². The van der Waals surface area contributed by atoms with Crippen molar-refractivity contribution in [3.63, 3.8) is 0 Å². The molecule has 0 saturated carbocycles. The lowest BCUT2D eigenvalue weighted by Crippen LogP contribution is -2.27. The molecule has 21 heavy (non-hydrogen) atoms. The van der Waals surface area contributed by atoms with Gasteiger partial charge in [-0.15, -0.1) is 0 Å². The lowest BCUT2D eigenvalue weighted by molar-refractivity contribution is -0.131. The first-order valence-corrected chi connectivity index (χ1v) is 6.16. The van der Waals surface area contributed by atoms with Crippen molar-refractivity contribution in [3.8, 4) is 5.69 Å². The van der Waals surface area contributed by atoms with E-state index in [4.69, 9.17) is 4.74 Å². The molecule has 7 heteroatoms. The van der Waals surface area contributed by atoms with Crippen molar-refractivity contribution < 1.29 is 18.7 Å². The minimum absolute atomic E-state index is 0.0370. The number of benzene rings is 1. The molecule has 6 nitrogen and oxygen atoms in total. The van der Waals surface area contributed by atoms with Crippen LogP contribution in [0, 0.1) is 5.82 Å². The molecule has 0 N–H and O–H groups in total. The molecular formula is C14H14FN3O3. The van der Waals surface area contributed by atoms with Gasteiger partial charge >= 0.3 is 5.97 Å². The zero-order valence-electron chi connectivity index (χ0n) is 11.6. The zero-order chi connectivity index (χ0) is 15.4. The number of hydrogen-bond donors (Lipinski definition) is 0. The maximum atomic E-state index is 14.0. The van der Waals surface area contributed by atoms with Crippen LogP contribution in [0.4, 0.5) is 4.39 Å². The molecular weight excluding hydrogens is 277 g/mol. The Morgan fingerprint density at radius 3 is 2.71 bits per heavy atom. The molecule has 0 spiro atoms. The molecule has 0 atom stereocenters. The number of amides is 1. The highest BCUT2D eigenvalue weighted by molar-refractivity contribution is 5.91. The molecule has 110 valence electrons. The third-order valence-corrected chi connectivity index (χ3v) is 2.76. The van der Waals surface area contributed by atoms with Crippen LogP contribution in [0.3, 0.4) is 0 Å². The molecule has 2 rings (SSSR count). The number of esters is 1. The summed E-state index contributed by atoms with van der Waals surface area (Å²) < 4.78 is 20.1. The molecule has 1 aromatic carbocycles. The van der Waals surface area contributed by atoms with Crippen LogP contribution in [-0.4, -0.2) is 47.3 Å². The van der Waals surface area contributed by atoms with Gasteiger partial charge in [0.1, 0.15) is 11.5 Å². The Hall–Kier alpha value is -2.70. The van der Waals surface area contributed by atoms with Crippen LogP contribution < -0.4 is 0 Å². The highest BCUT2D eigenvalue weighted by Crippen LogP contribution is 2.15. The van der Waals surface area contributed by atoms with E-state index in [1.54, 1.807) is 26.4 Å². The van der Waals surface area contributed by atoms with Crippen molar-refractivity contribution in [2.45, 2.75) is 0 Å². The summed E-state index contributed by atoms with van der Waals surface area (Å²) in [4.78, 5) is 24.4. The smallest absolute Gasteiger partial charge is 0.338 e. The number of carbonyl (C=O) groups is 2. The van der Waals surface area contributed by atoms with E-state index in [2.05, 4.69) is 5.10 Å². The third-order valence-electron chi connectivity index (χ3n) is 2.76. The second kappa shape index (κ2) is 6.17. The Labute approximate surface area is 120 Å². The summed E-state index contributed by atoms with van der Waals surface area (Å²) in [6.45, 7) is -0.381. The van der Waals surface area contributed by atoms with Gasteiger partial charge in [0.2, 0.25) is 0 Å². The standard InChI is InChI=1S/C14H14FN3O3/c1-17(2)13(19)9-21-14(20)10-4-5-12(11(15)8-10)18-7-3-6-16-18/h3-8H,9H2,1-2H3. The summed E-state index contributed by atoms with van der Waals surface area (Å²) in [6, 6.07) is 5.56. The molecule has 0 aliphatic heterocycles. The van der Waals surface area contributed by atoms with Crippen LogP contribution in [-0.2, 0) is 9.53 Å². The molecule has 0 saturated heterocycles. The lowest BCUT2D eigenvalue weighted by Gasteiger charge is -2.11. The summed E-state index contributed by atoms with van der Waals surface area (Å²) in [5, 5.41) is 3.91. The summed E-state index contributed by atoms with van der Waals surface area (Å²) >= 11 is 0. The Morgan fingerprint density at radius 2 is 2.14 bits per heavy atom. The van der Waals surface area contributed by atoms with Gasteiger partial charge in [0.15, 0.2) is 6.61 Å². The van der Waals surface area contributed by atoms with E-state index in [9.17, 15) is 14.0 Å². The van der Waals surface area contributed by atoms with Crippen molar-refractivity contribution in [2.75, 3.05) is 20.7 Å². The first kappa shape index (κ1) is 14.7. The van der Waals surface area contributed by atoms with Gasteiger partial charge < -0.3 is 9.64 Å². The van der Waals surface area contributed by atoms with Gasteiger partial charge in [-0.2, -0.15) is 5.10 Å².